The van der Waals surface area contributed by atoms with Gasteiger partial charge in [0.05, 0.1) is 23.6 Å². The summed E-state index contributed by atoms with van der Waals surface area (Å²) < 4.78 is 6.22. The van der Waals surface area contributed by atoms with Crippen molar-refractivity contribution in [3.05, 3.63) is 21.4 Å². The van der Waals surface area contributed by atoms with E-state index in [-0.39, 0.29) is 24.0 Å². The number of fused-ring (bicyclic) bond motifs is 2. The summed E-state index contributed by atoms with van der Waals surface area (Å²) >= 11 is 1.56. The number of likely N-dealkylation sites (N-methyl/N-ethyl adjacent to an activating group) is 1. The Labute approximate surface area is 164 Å². The predicted octanol–water partition coefficient (Wildman–Crippen LogP) is 0.860. The fourth-order valence-corrected chi connectivity index (χ4v) is 5.00. The van der Waals surface area contributed by atoms with Crippen LogP contribution in [0.1, 0.15) is 45.8 Å². The summed E-state index contributed by atoms with van der Waals surface area (Å²) in [5, 5.41) is 14.7. The van der Waals surface area contributed by atoms with E-state index < -0.39 is 0 Å². The van der Waals surface area contributed by atoms with Crippen LogP contribution in [0, 0.1) is 0 Å². The second-order valence-corrected chi connectivity index (χ2v) is 8.27. The first-order chi connectivity index (χ1) is 13.1. The molecule has 3 N–H and O–H groups in total. The van der Waals surface area contributed by atoms with Crippen molar-refractivity contribution in [3.63, 3.8) is 0 Å². The van der Waals surface area contributed by atoms with E-state index in [0.717, 1.165) is 36.1 Å². The van der Waals surface area contributed by atoms with Gasteiger partial charge in [-0.05, 0) is 44.4 Å². The molecular formula is C19H29N3O4S. The van der Waals surface area contributed by atoms with Gasteiger partial charge in [-0.25, -0.2) is 0 Å². The number of nitrogens with one attached hydrogen (secondary N) is 2. The van der Waals surface area contributed by atoms with Crippen molar-refractivity contribution in [1.29, 1.82) is 0 Å². The number of aliphatic hydroxyl groups is 1. The minimum absolute atomic E-state index is 0.0517. The number of thiophene rings is 1. The first kappa shape index (κ1) is 20.3. The van der Waals surface area contributed by atoms with E-state index in [1.165, 1.54) is 4.88 Å². The molecule has 0 unspecified atom stereocenters. The van der Waals surface area contributed by atoms with E-state index in [1.807, 2.05) is 11.0 Å². The number of carbonyl (C=O) groups is 2. The van der Waals surface area contributed by atoms with Gasteiger partial charge >= 0.3 is 0 Å². The molecule has 2 aliphatic rings. The summed E-state index contributed by atoms with van der Waals surface area (Å²) in [5.74, 6) is 0.0702. The number of hydrogen-bond acceptors (Lipinski definition) is 6. The lowest BCUT2D eigenvalue weighted by atomic mass is 9.82. The Kier molecular flexibility index (Phi) is 6.86. The Morgan fingerprint density at radius 2 is 2.11 bits per heavy atom. The van der Waals surface area contributed by atoms with Crippen molar-refractivity contribution in [2.24, 2.45) is 0 Å². The molecule has 0 aliphatic carbocycles. The zero-order chi connectivity index (χ0) is 19.3. The number of aliphatic hydroxyl groups excluding tert-OH is 1. The zero-order valence-corrected chi connectivity index (χ0v) is 16.7. The number of piperidine rings is 1. The molecule has 1 aromatic heterocycles. The fourth-order valence-electron chi connectivity index (χ4n) is 3.85. The monoisotopic (exact) mass is 395 g/mol. The van der Waals surface area contributed by atoms with Gasteiger partial charge in [0.25, 0.3) is 5.91 Å². The molecule has 150 valence electrons. The third-order valence-corrected chi connectivity index (χ3v) is 6.55. The van der Waals surface area contributed by atoms with Gasteiger partial charge in [-0.1, -0.05) is 0 Å². The molecule has 0 aromatic carbocycles. The number of hydrogen-bond donors (Lipinski definition) is 3. The van der Waals surface area contributed by atoms with E-state index >= 15 is 0 Å². The van der Waals surface area contributed by atoms with Crippen molar-refractivity contribution in [2.45, 2.75) is 37.7 Å². The van der Waals surface area contributed by atoms with E-state index in [0.29, 0.717) is 39.2 Å². The summed E-state index contributed by atoms with van der Waals surface area (Å²) in [6.45, 7) is 3.10. The van der Waals surface area contributed by atoms with Crippen molar-refractivity contribution < 1.29 is 19.4 Å². The van der Waals surface area contributed by atoms with Gasteiger partial charge < -0.3 is 25.4 Å². The number of ether oxygens (including phenoxy) is 1. The van der Waals surface area contributed by atoms with Gasteiger partial charge in [0.2, 0.25) is 5.91 Å². The average Bonchev–Trinajstić information content (AvgIpc) is 3.12. The van der Waals surface area contributed by atoms with Gasteiger partial charge in [0.15, 0.2) is 0 Å². The lowest BCUT2D eigenvalue weighted by Crippen LogP contribution is -2.49. The van der Waals surface area contributed by atoms with Crippen molar-refractivity contribution in [2.75, 3.05) is 46.4 Å². The number of rotatable bonds is 7. The summed E-state index contributed by atoms with van der Waals surface area (Å²) in [5.41, 5.74) is 0.774. The second-order valence-electron chi connectivity index (χ2n) is 7.14. The number of amides is 2. The molecule has 0 saturated carbocycles. The van der Waals surface area contributed by atoms with Crippen LogP contribution in [0.5, 0.6) is 0 Å². The van der Waals surface area contributed by atoms with Crippen LogP contribution < -0.4 is 10.6 Å². The molecule has 1 aromatic rings. The Morgan fingerprint density at radius 3 is 2.81 bits per heavy atom. The zero-order valence-electron chi connectivity index (χ0n) is 15.9. The van der Waals surface area contributed by atoms with Crippen LogP contribution in [0.3, 0.4) is 0 Å². The Bertz CT molecular complexity index is 668. The van der Waals surface area contributed by atoms with E-state index in [4.69, 9.17) is 9.84 Å². The maximum absolute atomic E-state index is 12.4. The molecular weight excluding hydrogens is 366 g/mol. The highest BCUT2D eigenvalue weighted by molar-refractivity contribution is 7.14. The highest BCUT2D eigenvalue weighted by Crippen LogP contribution is 2.44. The first-order valence-corrected chi connectivity index (χ1v) is 10.5. The van der Waals surface area contributed by atoms with Crippen LogP contribution in [0.2, 0.25) is 0 Å². The molecule has 1 fully saturated rings. The summed E-state index contributed by atoms with van der Waals surface area (Å²) in [6, 6.07) is 1.99. The fraction of sp³-hybridized carbons (Fsp3) is 0.684. The van der Waals surface area contributed by atoms with Gasteiger partial charge in [0.1, 0.15) is 0 Å². The lowest BCUT2D eigenvalue weighted by molar-refractivity contribution is -0.139. The molecule has 27 heavy (non-hydrogen) atoms. The van der Waals surface area contributed by atoms with Gasteiger partial charge in [-0.3, -0.25) is 9.59 Å². The number of unbranched alkanes of at least 4 members (excludes halogenated alkanes) is 1. The normalized spacial score (nSPS) is 18.4. The Morgan fingerprint density at radius 1 is 1.33 bits per heavy atom. The molecule has 2 amide bonds. The SMILES string of the molecule is CNCC(=O)N1CCC2(CC1)OCCc1sc(C(=O)NCCCCO)cc12. The molecule has 1 spiro atoms. The average molecular weight is 396 g/mol. The first-order valence-electron chi connectivity index (χ1n) is 9.68. The van der Waals surface area contributed by atoms with Crippen LogP contribution in [0.4, 0.5) is 0 Å². The van der Waals surface area contributed by atoms with Gasteiger partial charge in [-0.15, -0.1) is 11.3 Å². The minimum Gasteiger partial charge on any atom is -0.396 e. The van der Waals surface area contributed by atoms with Gasteiger partial charge in [-0.2, -0.15) is 0 Å². The van der Waals surface area contributed by atoms with Crippen LogP contribution in [-0.2, 0) is 21.6 Å². The van der Waals surface area contributed by atoms with Crippen molar-refractivity contribution in [1.82, 2.24) is 15.5 Å². The third-order valence-electron chi connectivity index (χ3n) is 5.35. The highest BCUT2D eigenvalue weighted by atomic mass is 32.1. The topological polar surface area (TPSA) is 90.9 Å². The summed E-state index contributed by atoms with van der Waals surface area (Å²) in [6.07, 6.45) is 3.84. The second kappa shape index (κ2) is 9.14. The van der Waals surface area contributed by atoms with Gasteiger partial charge in [0, 0.05) is 37.5 Å². The number of nitrogens with zero attached hydrogens (tertiary/aromatic N) is 1. The lowest BCUT2D eigenvalue weighted by Gasteiger charge is -2.44. The maximum atomic E-state index is 12.4. The van der Waals surface area contributed by atoms with Crippen molar-refractivity contribution in [3.8, 4) is 0 Å². The minimum atomic E-state index is -0.365. The number of carbonyl (C=O) groups excluding carboxylic acids is 2. The van der Waals surface area contributed by atoms with E-state index in [2.05, 4.69) is 10.6 Å². The molecule has 0 atom stereocenters. The Hall–Kier alpha value is -1.48. The highest BCUT2D eigenvalue weighted by Gasteiger charge is 2.43. The van der Waals surface area contributed by atoms with Crippen LogP contribution in [-0.4, -0.2) is 68.3 Å². The predicted molar refractivity (Wildman–Crippen MR) is 104 cm³/mol. The molecule has 8 heteroatoms. The van der Waals surface area contributed by atoms with Crippen LogP contribution >= 0.6 is 11.3 Å². The third kappa shape index (κ3) is 4.51. The molecule has 0 radical (unpaired) electrons. The molecule has 7 nitrogen and oxygen atoms in total. The molecule has 0 bridgehead atoms. The summed E-state index contributed by atoms with van der Waals surface area (Å²) in [7, 11) is 1.78. The maximum Gasteiger partial charge on any atom is 0.261 e. The quantitative estimate of drug-likeness (QED) is 0.596. The molecule has 3 heterocycles. The van der Waals surface area contributed by atoms with Crippen molar-refractivity contribution >= 4 is 23.2 Å². The number of likely N-dealkylation sites (tertiary alicyclic amines) is 1. The summed E-state index contributed by atoms with van der Waals surface area (Å²) in [4.78, 5) is 28.4. The molecule has 2 aliphatic heterocycles. The van der Waals surface area contributed by atoms with Crippen LogP contribution in [0.15, 0.2) is 6.07 Å². The van der Waals surface area contributed by atoms with E-state index in [9.17, 15) is 9.59 Å². The molecule has 1 saturated heterocycles. The largest absolute Gasteiger partial charge is 0.396 e. The van der Waals surface area contributed by atoms with Crippen LogP contribution in [0.25, 0.3) is 0 Å². The standard InChI is InChI=1S/C19H29N3O4S/c1-20-13-17(24)22-8-5-19(6-9-22)14-12-16(27-15(14)4-11-26-19)18(25)21-7-2-3-10-23/h12,20,23H,2-11,13H2,1H3,(H,21,25). The molecule has 3 rings (SSSR count). The van der Waals surface area contributed by atoms with E-state index in [1.54, 1.807) is 18.4 Å². The Balaban J connectivity index is 1.67. The smallest absolute Gasteiger partial charge is 0.261 e.